The lowest BCUT2D eigenvalue weighted by atomic mass is 9.86. The Hall–Kier alpha value is -2.25. The molecule has 198 valence electrons. The van der Waals surface area contributed by atoms with Crippen molar-refractivity contribution in [3.8, 4) is 0 Å². The summed E-state index contributed by atoms with van der Waals surface area (Å²) in [5, 5.41) is 2.56. The summed E-state index contributed by atoms with van der Waals surface area (Å²) in [6.45, 7) is 9.55. The van der Waals surface area contributed by atoms with Crippen LogP contribution in [0.2, 0.25) is 5.04 Å². The highest BCUT2D eigenvalue weighted by atomic mass is 32.2. The van der Waals surface area contributed by atoms with Crippen LogP contribution in [0.5, 0.6) is 0 Å². The predicted octanol–water partition coefficient (Wildman–Crippen LogP) is 6.23. The first-order valence-corrected chi connectivity index (χ1v) is 16.7. The first-order valence-electron chi connectivity index (χ1n) is 13.4. The normalized spacial score (nSPS) is 19.0. The molecule has 3 aromatic rings. The van der Waals surface area contributed by atoms with Crippen molar-refractivity contribution < 1.29 is 17.0 Å². The van der Waals surface area contributed by atoms with Gasteiger partial charge in [0.2, 0.25) is 0 Å². The third-order valence-electron chi connectivity index (χ3n) is 7.63. The molecule has 0 aliphatic heterocycles. The zero-order valence-electron chi connectivity index (χ0n) is 22.5. The topological polar surface area (TPSA) is 52.6 Å². The standard InChI is InChI=1S/C31H40O4SSi/c1-25-15-21-28(22-16-25)36(32,33)35-27-19-17-26(18-20-27)23-24-34-37(31(2,3)4,29-11-7-5-8-12-29)30-13-9-6-10-14-30/h5-16,21-22,26-27H,17-20,23-24H2,1-4H3. The van der Waals surface area contributed by atoms with Crippen LogP contribution in [0.25, 0.3) is 0 Å². The molecule has 1 aliphatic carbocycles. The molecule has 4 rings (SSSR count). The van der Waals surface area contributed by atoms with Crippen molar-refractivity contribution in [2.24, 2.45) is 5.92 Å². The van der Waals surface area contributed by atoms with Crippen molar-refractivity contribution in [3.05, 3.63) is 90.5 Å². The van der Waals surface area contributed by atoms with Crippen LogP contribution >= 0.6 is 0 Å². The molecular weight excluding hydrogens is 496 g/mol. The van der Waals surface area contributed by atoms with Crippen molar-refractivity contribution in [1.82, 2.24) is 0 Å². The number of aryl methyl sites for hydroxylation is 1. The molecule has 0 N–H and O–H groups in total. The average Bonchev–Trinajstić information content (AvgIpc) is 2.88. The molecule has 0 saturated heterocycles. The minimum Gasteiger partial charge on any atom is -0.407 e. The Morgan fingerprint density at radius 2 is 1.30 bits per heavy atom. The van der Waals surface area contributed by atoms with Crippen molar-refractivity contribution in [2.45, 2.75) is 75.8 Å². The van der Waals surface area contributed by atoms with Gasteiger partial charge in [0, 0.05) is 6.61 Å². The van der Waals surface area contributed by atoms with Crippen LogP contribution in [0.4, 0.5) is 0 Å². The summed E-state index contributed by atoms with van der Waals surface area (Å²) in [5.74, 6) is 0.514. The van der Waals surface area contributed by atoms with E-state index in [1.165, 1.54) is 10.4 Å². The molecule has 0 atom stereocenters. The molecule has 0 radical (unpaired) electrons. The van der Waals surface area contributed by atoms with E-state index in [1.807, 2.05) is 6.92 Å². The van der Waals surface area contributed by atoms with E-state index in [-0.39, 0.29) is 16.0 Å². The van der Waals surface area contributed by atoms with E-state index in [1.54, 1.807) is 24.3 Å². The predicted molar refractivity (Wildman–Crippen MR) is 153 cm³/mol. The van der Waals surface area contributed by atoms with Crippen molar-refractivity contribution in [2.75, 3.05) is 6.61 Å². The summed E-state index contributed by atoms with van der Waals surface area (Å²) in [6, 6.07) is 28.3. The fourth-order valence-corrected chi connectivity index (χ4v) is 11.3. The molecule has 0 unspecified atom stereocenters. The molecule has 0 bridgehead atoms. The Morgan fingerprint density at radius 1 is 0.784 bits per heavy atom. The van der Waals surface area contributed by atoms with Gasteiger partial charge >= 0.3 is 0 Å². The maximum Gasteiger partial charge on any atom is 0.297 e. The maximum absolute atomic E-state index is 12.7. The van der Waals surface area contributed by atoms with E-state index in [2.05, 4.69) is 81.4 Å². The highest BCUT2D eigenvalue weighted by molar-refractivity contribution is 7.86. The van der Waals surface area contributed by atoms with E-state index in [0.717, 1.165) is 37.7 Å². The highest BCUT2D eigenvalue weighted by Crippen LogP contribution is 2.37. The molecule has 0 aromatic heterocycles. The Kier molecular flexibility index (Phi) is 8.74. The van der Waals surface area contributed by atoms with E-state index >= 15 is 0 Å². The summed E-state index contributed by atoms with van der Waals surface area (Å²) in [5.41, 5.74) is 1.03. The molecule has 37 heavy (non-hydrogen) atoms. The van der Waals surface area contributed by atoms with Crippen LogP contribution in [-0.2, 0) is 18.7 Å². The Labute approximate surface area is 224 Å². The van der Waals surface area contributed by atoms with Gasteiger partial charge in [-0.1, -0.05) is 99.1 Å². The lowest BCUT2D eigenvalue weighted by Crippen LogP contribution is -2.66. The fourth-order valence-electron chi connectivity index (χ4n) is 5.60. The molecule has 3 aromatic carbocycles. The van der Waals surface area contributed by atoms with E-state index in [4.69, 9.17) is 8.61 Å². The van der Waals surface area contributed by atoms with E-state index in [9.17, 15) is 8.42 Å². The smallest absolute Gasteiger partial charge is 0.297 e. The van der Waals surface area contributed by atoms with Gasteiger partial charge in [0.15, 0.2) is 0 Å². The summed E-state index contributed by atoms with van der Waals surface area (Å²) in [4.78, 5) is 0.235. The summed E-state index contributed by atoms with van der Waals surface area (Å²) in [6.07, 6.45) is 4.16. The van der Waals surface area contributed by atoms with Crippen LogP contribution in [0.1, 0.15) is 58.4 Å². The van der Waals surface area contributed by atoms with Gasteiger partial charge in [-0.2, -0.15) is 8.42 Å². The zero-order chi connectivity index (χ0) is 26.5. The maximum atomic E-state index is 12.7. The van der Waals surface area contributed by atoms with Gasteiger partial charge in [-0.25, -0.2) is 0 Å². The van der Waals surface area contributed by atoms with Crippen molar-refractivity contribution >= 4 is 28.8 Å². The molecular formula is C31H40O4SSi. The van der Waals surface area contributed by atoms with Crippen LogP contribution in [0, 0.1) is 12.8 Å². The van der Waals surface area contributed by atoms with Crippen molar-refractivity contribution in [1.29, 1.82) is 0 Å². The third kappa shape index (κ3) is 6.43. The number of hydrogen-bond donors (Lipinski definition) is 0. The fraction of sp³-hybridized carbons (Fsp3) is 0.419. The SMILES string of the molecule is Cc1ccc(S(=O)(=O)OC2CCC(CCO[Si](c3ccccc3)(c3ccccc3)C(C)(C)C)CC2)cc1. The van der Waals surface area contributed by atoms with Gasteiger partial charge < -0.3 is 4.43 Å². The molecule has 1 fully saturated rings. The van der Waals surface area contributed by atoms with Crippen LogP contribution in [0.15, 0.2) is 89.8 Å². The van der Waals surface area contributed by atoms with Gasteiger partial charge in [0.1, 0.15) is 0 Å². The van der Waals surface area contributed by atoms with Gasteiger partial charge in [0.05, 0.1) is 11.0 Å². The Morgan fingerprint density at radius 3 is 1.78 bits per heavy atom. The lowest BCUT2D eigenvalue weighted by molar-refractivity contribution is 0.126. The lowest BCUT2D eigenvalue weighted by Gasteiger charge is -2.43. The van der Waals surface area contributed by atoms with Gasteiger partial charge in [-0.3, -0.25) is 4.18 Å². The van der Waals surface area contributed by atoms with Gasteiger partial charge in [0.25, 0.3) is 18.4 Å². The second kappa shape index (κ2) is 11.6. The quantitative estimate of drug-likeness (QED) is 0.240. The van der Waals surface area contributed by atoms with Crippen molar-refractivity contribution in [3.63, 3.8) is 0 Å². The number of rotatable bonds is 9. The molecule has 4 nitrogen and oxygen atoms in total. The second-order valence-electron chi connectivity index (χ2n) is 11.3. The molecule has 0 amide bonds. The summed E-state index contributed by atoms with van der Waals surface area (Å²) < 4.78 is 38.1. The number of benzene rings is 3. The first-order chi connectivity index (χ1) is 17.6. The molecule has 0 heterocycles. The average molecular weight is 537 g/mol. The molecule has 1 saturated carbocycles. The molecule has 1 aliphatic rings. The highest BCUT2D eigenvalue weighted by Gasteiger charge is 2.50. The second-order valence-corrected chi connectivity index (χ2v) is 17.2. The van der Waals surface area contributed by atoms with Gasteiger partial charge in [-0.15, -0.1) is 0 Å². The Balaban J connectivity index is 1.39. The molecule has 0 spiro atoms. The minimum atomic E-state index is -3.73. The minimum absolute atomic E-state index is 0.0362. The largest absolute Gasteiger partial charge is 0.407 e. The summed E-state index contributed by atoms with van der Waals surface area (Å²) >= 11 is 0. The number of hydrogen-bond acceptors (Lipinski definition) is 4. The van der Waals surface area contributed by atoms with Gasteiger partial charge in [-0.05, 0) is 72.5 Å². The van der Waals surface area contributed by atoms with Crippen LogP contribution < -0.4 is 10.4 Å². The molecule has 6 heteroatoms. The van der Waals surface area contributed by atoms with E-state index < -0.39 is 18.4 Å². The zero-order valence-corrected chi connectivity index (χ0v) is 24.3. The van der Waals surface area contributed by atoms with Crippen LogP contribution in [0.3, 0.4) is 0 Å². The first kappa shape index (κ1) is 27.8. The van der Waals surface area contributed by atoms with E-state index in [0.29, 0.717) is 12.5 Å². The van der Waals surface area contributed by atoms with Crippen LogP contribution in [-0.4, -0.2) is 29.4 Å². The Bertz CT molecular complexity index is 1190. The monoisotopic (exact) mass is 536 g/mol. The summed E-state index contributed by atoms with van der Waals surface area (Å²) in [7, 11) is -6.25. The third-order valence-corrected chi connectivity index (χ3v) is 14.0.